The number of fused-ring (bicyclic) bond motifs is 12. The summed E-state index contributed by atoms with van der Waals surface area (Å²) in [5, 5.41) is 32.0. The topological polar surface area (TPSA) is 215 Å². The zero-order valence-electron chi connectivity index (χ0n) is 43.4. The molecule has 416 valence electrons. The molecule has 4 saturated carbocycles. The van der Waals surface area contributed by atoms with Crippen LogP contribution >= 0.6 is 35.6 Å². The molecule has 3 N–H and O–H groups in total. The van der Waals surface area contributed by atoms with Crippen molar-refractivity contribution in [1.29, 1.82) is 0 Å². The van der Waals surface area contributed by atoms with Crippen LogP contribution in [0.2, 0.25) is 10.0 Å². The molecule has 6 heterocycles. The molecule has 4 aliphatic heterocycles. The average molecular weight is 1140 g/mol. The number of aliphatic hydroxyl groups is 1. The van der Waals surface area contributed by atoms with Crippen LogP contribution in [0.4, 0.5) is 8.78 Å². The van der Waals surface area contributed by atoms with Gasteiger partial charge in [-0.1, -0.05) is 35.3 Å². The van der Waals surface area contributed by atoms with Gasteiger partial charge in [0.05, 0.1) is 40.4 Å². The molecule has 23 heteroatoms. The Kier molecular flexibility index (Phi) is 14.3. The summed E-state index contributed by atoms with van der Waals surface area (Å²) in [7, 11) is 3.51. The first-order chi connectivity index (χ1) is 36.6. The lowest BCUT2D eigenvalue weighted by molar-refractivity contribution is -0.150. The van der Waals surface area contributed by atoms with Crippen LogP contribution in [0, 0.1) is 35.3 Å². The third-order valence-electron chi connectivity index (χ3n) is 17.3. The molecule has 4 fully saturated rings. The number of nitrogens with zero attached hydrogens (tertiary/aromatic N) is 7. The summed E-state index contributed by atoms with van der Waals surface area (Å²) in [6, 6.07) is 8.36. The van der Waals surface area contributed by atoms with Crippen molar-refractivity contribution in [2.75, 3.05) is 46.8 Å². The molecule has 2 spiro atoms. The average Bonchev–Trinajstić information content (AvgIpc) is 4.27. The van der Waals surface area contributed by atoms with E-state index in [4.69, 9.17) is 27.9 Å². The highest BCUT2D eigenvalue weighted by Crippen LogP contribution is 2.65. The molecule has 2 aromatic heterocycles. The summed E-state index contributed by atoms with van der Waals surface area (Å²) in [5.74, 6) is -3.71. The van der Waals surface area contributed by atoms with Crippen LogP contribution in [0.5, 0.6) is 11.5 Å². The van der Waals surface area contributed by atoms with Gasteiger partial charge >= 0.3 is 5.97 Å². The minimum atomic E-state index is -0.964. The van der Waals surface area contributed by atoms with E-state index < -0.39 is 81.5 Å². The summed E-state index contributed by atoms with van der Waals surface area (Å²) in [4.78, 5) is 103. The number of aromatic hydroxyl groups is 2. The van der Waals surface area contributed by atoms with E-state index in [1.807, 2.05) is 0 Å². The lowest BCUT2D eigenvalue weighted by Gasteiger charge is -2.39. The molecule has 0 bridgehead atoms. The number of ether oxygens (including phenoxy) is 1. The summed E-state index contributed by atoms with van der Waals surface area (Å²) in [5.41, 5.74) is -1.29. The molecule has 2 aromatic carbocycles. The Hall–Kier alpha value is -6.06. The molecule has 0 radical (unpaired) electrons. The van der Waals surface area contributed by atoms with Crippen molar-refractivity contribution in [2.24, 2.45) is 23.7 Å². The number of hydrogen-bond acceptors (Lipinski definition) is 12. The quantitative estimate of drug-likeness (QED) is 0.143. The molecule has 4 aliphatic carbocycles. The second kappa shape index (κ2) is 20.2. The van der Waals surface area contributed by atoms with Crippen molar-refractivity contribution >= 4 is 65.2 Å². The van der Waals surface area contributed by atoms with Gasteiger partial charge in [0.15, 0.2) is 11.5 Å². The number of aromatic nitrogens is 2. The number of likely N-dealkylation sites (N-methyl/N-ethyl adjacent to an activating group) is 1. The Bertz CT molecular complexity index is 3350. The predicted molar refractivity (Wildman–Crippen MR) is 282 cm³/mol. The molecule has 8 atom stereocenters. The number of carbonyl (C=O) groups is 5. The van der Waals surface area contributed by atoms with Gasteiger partial charge in [-0.15, -0.1) is 12.4 Å². The lowest BCUT2D eigenvalue weighted by atomic mass is 9.95. The number of aliphatic hydroxyl groups excluding tert-OH is 1. The molecule has 78 heavy (non-hydrogen) atoms. The van der Waals surface area contributed by atoms with E-state index in [9.17, 15) is 57.7 Å². The summed E-state index contributed by atoms with van der Waals surface area (Å²) in [6.45, 7) is 4.58. The molecular formula is C55H60Cl3F2N7O11. The predicted octanol–water partition coefficient (Wildman–Crippen LogP) is 5.85. The lowest BCUT2D eigenvalue weighted by Crippen LogP contribution is -2.53. The fraction of sp³-hybridized carbons (Fsp3) is 0.509. The van der Waals surface area contributed by atoms with Crippen molar-refractivity contribution in [1.82, 2.24) is 33.6 Å². The zero-order valence-corrected chi connectivity index (χ0v) is 45.7. The first-order valence-electron chi connectivity index (χ1n) is 26.2. The van der Waals surface area contributed by atoms with Crippen LogP contribution in [-0.4, -0.2) is 138 Å². The zero-order chi connectivity index (χ0) is 54.9. The second-order valence-electron chi connectivity index (χ2n) is 22.4. The molecule has 18 nitrogen and oxygen atoms in total. The van der Waals surface area contributed by atoms with Crippen LogP contribution in [0.1, 0.15) is 123 Å². The van der Waals surface area contributed by atoms with Gasteiger partial charge in [0.2, 0.25) is 0 Å². The van der Waals surface area contributed by atoms with E-state index in [0.717, 1.165) is 25.7 Å². The van der Waals surface area contributed by atoms with E-state index in [0.29, 0.717) is 66.3 Å². The Balaban J connectivity index is 0.000000176. The molecule has 1 unspecified atom stereocenters. The van der Waals surface area contributed by atoms with Crippen LogP contribution in [0.3, 0.4) is 0 Å². The van der Waals surface area contributed by atoms with Crippen molar-refractivity contribution in [2.45, 2.75) is 108 Å². The number of rotatable bonds is 12. The number of halogens is 5. The highest BCUT2D eigenvalue weighted by molar-refractivity contribution is 6.31. The van der Waals surface area contributed by atoms with Gasteiger partial charge in [0, 0.05) is 55.7 Å². The first-order valence-corrected chi connectivity index (χ1v) is 27.0. The first kappa shape index (κ1) is 55.3. The minimum absolute atomic E-state index is 0. The monoisotopic (exact) mass is 1140 g/mol. The van der Waals surface area contributed by atoms with Gasteiger partial charge in [0.25, 0.3) is 34.7 Å². The van der Waals surface area contributed by atoms with Crippen LogP contribution in [-0.2, 0) is 46.8 Å². The number of pyridine rings is 2. The Labute approximate surface area is 463 Å². The molecule has 4 amide bonds. The second-order valence-corrected chi connectivity index (χ2v) is 23.2. The van der Waals surface area contributed by atoms with Gasteiger partial charge in [-0.2, -0.15) is 0 Å². The fourth-order valence-corrected chi connectivity index (χ4v) is 14.2. The van der Waals surface area contributed by atoms with E-state index in [2.05, 4.69) is 0 Å². The van der Waals surface area contributed by atoms with Gasteiger partial charge < -0.3 is 39.7 Å². The Morgan fingerprint density at radius 3 is 1.58 bits per heavy atom. The number of hydrogen-bond donors (Lipinski definition) is 3. The third kappa shape index (κ3) is 8.75. The van der Waals surface area contributed by atoms with Crippen molar-refractivity contribution in [3.8, 4) is 11.5 Å². The molecule has 4 aromatic rings. The molecule has 0 saturated heterocycles. The highest BCUT2D eigenvalue weighted by atomic mass is 35.5. The SMILES string of the molecule is CC(O)CCN1C(=O)c2c3c(c(O)c(=O)n2[C@@]12CC[C@H]1C[C@H]12)C(=O)N(Cc1ccc(F)c(Cl)c1)CC3.C[C@@H](CN1C(=O)c2c3c(c(O)c(=O)n2[C@@]12CC[C@H]1C[C@H]12)C(=O)N(Cc1ccc(F)c(Cl)c1)CC3)OC(=O)CN(C)C.Cl. The van der Waals surface area contributed by atoms with Crippen molar-refractivity contribution < 1.29 is 52.8 Å². The summed E-state index contributed by atoms with van der Waals surface area (Å²) in [6.07, 6.45) is 4.32. The van der Waals surface area contributed by atoms with Gasteiger partial charge in [-0.3, -0.25) is 47.6 Å². The maximum atomic E-state index is 14.2. The number of amides is 4. The highest BCUT2D eigenvalue weighted by Gasteiger charge is 2.69. The number of esters is 1. The van der Waals surface area contributed by atoms with Gasteiger partial charge in [-0.25, -0.2) is 8.78 Å². The van der Waals surface area contributed by atoms with E-state index in [-0.39, 0.29) is 108 Å². The summed E-state index contributed by atoms with van der Waals surface area (Å²) < 4.78 is 35.7. The molecule has 12 rings (SSSR count). The maximum Gasteiger partial charge on any atom is 0.320 e. The van der Waals surface area contributed by atoms with Crippen molar-refractivity contribution in [3.05, 3.63) is 124 Å². The van der Waals surface area contributed by atoms with E-state index in [1.165, 1.54) is 55.3 Å². The van der Waals surface area contributed by atoms with Crippen LogP contribution in [0.15, 0.2) is 46.0 Å². The van der Waals surface area contributed by atoms with Gasteiger partial charge in [-0.05, 0) is 133 Å². The Morgan fingerprint density at radius 2 is 1.18 bits per heavy atom. The smallest absolute Gasteiger partial charge is 0.320 e. The summed E-state index contributed by atoms with van der Waals surface area (Å²) >= 11 is 11.8. The maximum absolute atomic E-state index is 14.2. The fourth-order valence-electron chi connectivity index (χ4n) is 13.8. The van der Waals surface area contributed by atoms with E-state index in [1.54, 1.807) is 42.6 Å². The van der Waals surface area contributed by atoms with Crippen LogP contribution < -0.4 is 11.1 Å². The van der Waals surface area contributed by atoms with Crippen molar-refractivity contribution in [3.63, 3.8) is 0 Å². The minimum Gasteiger partial charge on any atom is -0.502 e. The van der Waals surface area contributed by atoms with Crippen LogP contribution in [0.25, 0.3) is 0 Å². The number of benzene rings is 2. The molecular weight excluding hydrogens is 1080 g/mol. The van der Waals surface area contributed by atoms with E-state index >= 15 is 0 Å². The van der Waals surface area contributed by atoms with Gasteiger partial charge in [0.1, 0.15) is 40.5 Å². The third-order valence-corrected chi connectivity index (χ3v) is 17.9. The largest absolute Gasteiger partial charge is 0.502 e. The Morgan fingerprint density at radius 1 is 0.731 bits per heavy atom. The normalized spacial score (nSPS) is 25.6. The standard InChI is InChI=1S/C29H32ClFN4O6.C26H27ClFN3O5.ClH/c1-15(41-22(36)14-32(2)3)12-34-27(39)24-18-7-9-33(13-16-4-5-21(31)20(30)10-16)26(38)23(18)25(37)28(40)35(24)29(34)8-6-17-11-19(17)29;1-13(32)5-9-30-24(35)21-16-6-8-29(12-14-2-3-19(28)18(27)10-14)23(34)20(16)22(33)25(36)31(21)26(30)7-4-15-11-17(15)26;/h4-5,10,15,17,19,37H,6-9,11-14H2,1-3H3;2-3,10,13,15,17,32-33H,4-9,11-12H2,1H3;1H/t15-,17-,19+,29+;13?,15-,17+,26+;/m00./s1. The molecule has 8 aliphatic rings. The number of carbonyl (C=O) groups excluding carboxylic acids is 5.